The average molecular weight is 294 g/mol. The molecule has 0 bridgehead atoms. The molecule has 22 heavy (non-hydrogen) atoms. The molecule has 0 spiro atoms. The van der Waals surface area contributed by atoms with Gasteiger partial charge in [0.2, 0.25) is 0 Å². The van der Waals surface area contributed by atoms with Gasteiger partial charge in [-0.1, -0.05) is 24.8 Å². The van der Waals surface area contributed by atoms with E-state index in [1.54, 1.807) is 6.07 Å². The molecule has 0 atom stereocenters. The maximum atomic E-state index is 13.3. The summed E-state index contributed by atoms with van der Waals surface area (Å²) in [5.41, 5.74) is 4.41. The number of hydrogen-bond acceptors (Lipinski definition) is 2. The Balaban J connectivity index is 2.30. The first kappa shape index (κ1) is 15.7. The van der Waals surface area contributed by atoms with Crippen molar-refractivity contribution >= 4 is 11.4 Å². The Labute approximate surface area is 130 Å². The number of nitrogens with zero attached hydrogens (tertiary/aromatic N) is 1. The molecular formula is C19H19FN2. The monoisotopic (exact) mass is 294 g/mol. The second kappa shape index (κ2) is 7.36. The van der Waals surface area contributed by atoms with Gasteiger partial charge in [-0.2, -0.15) is 0 Å². The van der Waals surface area contributed by atoms with Crippen LogP contribution in [0.5, 0.6) is 0 Å². The molecule has 0 radical (unpaired) electrons. The highest BCUT2D eigenvalue weighted by Crippen LogP contribution is 2.15. The highest BCUT2D eigenvalue weighted by molar-refractivity contribution is 6.10. The summed E-state index contributed by atoms with van der Waals surface area (Å²) in [6, 6.07) is 14.6. The van der Waals surface area contributed by atoms with E-state index in [0.717, 1.165) is 28.2 Å². The Hall–Kier alpha value is -2.68. The van der Waals surface area contributed by atoms with E-state index < -0.39 is 0 Å². The maximum absolute atomic E-state index is 13.3. The Kier molecular flexibility index (Phi) is 5.26. The molecule has 2 rings (SSSR count). The minimum atomic E-state index is -0.248. The van der Waals surface area contributed by atoms with Crippen molar-refractivity contribution in [3.8, 4) is 0 Å². The summed E-state index contributed by atoms with van der Waals surface area (Å²) in [5, 5.41) is 3.30. The second-order valence-electron chi connectivity index (χ2n) is 4.97. The number of rotatable bonds is 5. The molecule has 0 amide bonds. The van der Waals surface area contributed by atoms with Crippen LogP contribution in [0.25, 0.3) is 0 Å². The molecule has 0 heterocycles. The van der Waals surface area contributed by atoms with Gasteiger partial charge in [0.1, 0.15) is 5.82 Å². The van der Waals surface area contributed by atoms with Gasteiger partial charge in [-0.15, -0.1) is 0 Å². The van der Waals surface area contributed by atoms with Crippen LogP contribution >= 0.6 is 0 Å². The average Bonchev–Trinajstić information content (AvgIpc) is 2.48. The molecule has 0 unspecified atom stereocenters. The molecule has 0 aliphatic carbocycles. The third-order valence-electron chi connectivity index (χ3n) is 3.16. The van der Waals surface area contributed by atoms with Crippen LogP contribution in [0.15, 0.2) is 78.1 Å². The van der Waals surface area contributed by atoms with E-state index in [2.05, 4.69) is 16.9 Å². The predicted molar refractivity (Wildman–Crippen MR) is 91.7 cm³/mol. The zero-order chi connectivity index (χ0) is 15.9. The van der Waals surface area contributed by atoms with Gasteiger partial charge in [-0.05, 0) is 55.8 Å². The minimum absolute atomic E-state index is 0.248. The molecule has 2 aromatic rings. The quantitative estimate of drug-likeness (QED) is 0.764. The summed E-state index contributed by atoms with van der Waals surface area (Å²) >= 11 is 0. The summed E-state index contributed by atoms with van der Waals surface area (Å²) in [6.45, 7) is 7.48. The molecule has 112 valence electrons. The first-order valence-corrected chi connectivity index (χ1v) is 7.06. The van der Waals surface area contributed by atoms with Crippen LogP contribution in [0.1, 0.15) is 18.1 Å². The van der Waals surface area contributed by atoms with Crippen molar-refractivity contribution in [2.75, 3.05) is 5.32 Å². The second-order valence-corrected chi connectivity index (χ2v) is 4.97. The van der Waals surface area contributed by atoms with Crippen LogP contribution in [0.2, 0.25) is 0 Å². The highest BCUT2D eigenvalue weighted by atomic mass is 19.1. The molecule has 2 nitrogen and oxygen atoms in total. The van der Waals surface area contributed by atoms with E-state index in [1.165, 1.54) is 18.3 Å². The number of para-hydroxylation sites is 1. The van der Waals surface area contributed by atoms with Crippen LogP contribution in [0.3, 0.4) is 0 Å². The molecule has 0 saturated carbocycles. The lowest BCUT2D eigenvalue weighted by molar-refractivity contribution is 0.626. The number of aliphatic imine (C=N–C) groups is 1. The molecule has 3 heteroatoms. The lowest BCUT2D eigenvalue weighted by Crippen LogP contribution is -2.04. The molecule has 2 aromatic carbocycles. The van der Waals surface area contributed by atoms with E-state index in [0.29, 0.717) is 0 Å². The van der Waals surface area contributed by atoms with Crippen LogP contribution < -0.4 is 5.32 Å². The van der Waals surface area contributed by atoms with Crippen molar-refractivity contribution in [1.82, 2.24) is 0 Å². The highest BCUT2D eigenvalue weighted by Gasteiger charge is 2.06. The van der Waals surface area contributed by atoms with Crippen LogP contribution in [-0.4, -0.2) is 5.71 Å². The van der Waals surface area contributed by atoms with Gasteiger partial charge in [0.05, 0.1) is 5.71 Å². The third-order valence-corrected chi connectivity index (χ3v) is 3.16. The Morgan fingerprint density at radius 1 is 1.18 bits per heavy atom. The van der Waals surface area contributed by atoms with Crippen LogP contribution in [-0.2, 0) is 0 Å². The number of aryl methyl sites for hydroxylation is 1. The summed E-state index contributed by atoms with van der Waals surface area (Å²) < 4.78 is 13.3. The van der Waals surface area contributed by atoms with Gasteiger partial charge in [0.25, 0.3) is 0 Å². The topological polar surface area (TPSA) is 24.4 Å². The van der Waals surface area contributed by atoms with Crippen molar-refractivity contribution in [3.63, 3.8) is 0 Å². The van der Waals surface area contributed by atoms with E-state index in [9.17, 15) is 4.39 Å². The Bertz CT molecular complexity index is 715. The summed E-state index contributed by atoms with van der Waals surface area (Å²) in [4.78, 5) is 4.31. The van der Waals surface area contributed by atoms with Gasteiger partial charge in [-0.25, -0.2) is 4.39 Å². The molecular weight excluding hydrogens is 275 g/mol. The zero-order valence-electron chi connectivity index (χ0n) is 12.8. The fourth-order valence-corrected chi connectivity index (χ4v) is 2.19. The molecule has 0 saturated heterocycles. The number of halogens is 1. The van der Waals surface area contributed by atoms with Crippen LogP contribution in [0, 0.1) is 12.7 Å². The van der Waals surface area contributed by atoms with E-state index in [-0.39, 0.29) is 5.82 Å². The first-order chi connectivity index (χ1) is 10.6. The van der Waals surface area contributed by atoms with Crippen molar-refractivity contribution < 1.29 is 4.39 Å². The number of anilines is 1. The van der Waals surface area contributed by atoms with Crippen molar-refractivity contribution in [2.24, 2.45) is 4.99 Å². The zero-order valence-corrected chi connectivity index (χ0v) is 12.8. The SMILES string of the molecule is C=CN=C(/C=C(\C)Nc1ccccc1)c1ccc(F)cc1C. The largest absolute Gasteiger partial charge is 0.359 e. The number of hydrogen-bond donors (Lipinski definition) is 1. The normalized spacial score (nSPS) is 12.1. The molecule has 0 aliphatic rings. The van der Waals surface area contributed by atoms with Crippen LogP contribution in [0.4, 0.5) is 10.1 Å². The fraction of sp³-hybridized carbons (Fsp3) is 0.105. The van der Waals surface area contributed by atoms with Crippen molar-refractivity contribution in [3.05, 3.63) is 90.0 Å². The maximum Gasteiger partial charge on any atom is 0.123 e. The van der Waals surface area contributed by atoms with Crippen molar-refractivity contribution in [1.29, 1.82) is 0 Å². The summed E-state index contributed by atoms with van der Waals surface area (Å²) in [7, 11) is 0. The molecule has 0 aliphatic heterocycles. The van der Waals surface area contributed by atoms with Gasteiger partial charge in [0.15, 0.2) is 0 Å². The smallest absolute Gasteiger partial charge is 0.123 e. The third kappa shape index (κ3) is 4.16. The van der Waals surface area contributed by atoms with E-state index in [1.807, 2.05) is 50.3 Å². The molecule has 0 fully saturated rings. The Morgan fingerprint density at radius 3 is 2.55 bits per heavy atom. The lowest BCUT2D eigenvalue weighted by atomic mass is 10.0. The minimum Gasteiger partial charge on any atom is -0.359 e. The summed E-state index contributed by atoms with van der Waals surface area (Å²) in [6.07, 6.45) is 3.42. The number of benzene rings is 2. The van der Waals surface area contributed by atoms with E-state index in [4.69, 9.17) is 0 Å². The molecule has 1 N–H and O–H groups in total. The standard InChI is InChI=1S/C19H19FN2/c1-4-21-19(18-11-10-16(20)12-14(18)2)13-15(3)22-17-8-6-5-7-9-17/h4-13,22H,1H2,2-3H3/b15-13+,21-19?. The predicted octanol–water partition coefficient (Wildman–Crippen LogP) is 5.08. The van der Waals surface area contributed by atoms with Gasteiger partial charge in [-0.3, -0.25) is 4.99 Å². The van der Waals surface area contributed by atoms with Gasteiger partial charge < -0.3 is 5.32 Å². The molecule has 0 aromatic heterocycles. The fourth-order valence-electron chi connectivity index (χ4n) is 2.19. The Morgan fingerprint density at radius 2 is 1.91 bits per heavy atom. The first-order valence-electron chi connectivity index (χ1n) is 7.06. The van der Waals surface area contributed by atoms with Crippen molar-refractivity contribution in [2.45, 2.75) is 13.8 Å². The summed E-state index contributed by atoms with van der Waals surface area (Å²) in [5.74, 6) is -0.248. The lowest BCUT2D eigenvalue weighted by Gasteiger charge is -2.09. The van der Waals surface area contributed by atoms with Gasteiger partial charge >= 0.3 is 0 Å². The van der Waals surface area contributed by atoms with Gasteiger partial charge in [0, 0.05) is 23.1 Å². The van der Waals surface area contributed by atoms with E-state index >= 15 is 0 Å². The number of allylic oxidation sites excluding steroid dienone is 2. The number of nitrogens with one attached hydrogen (secondary N) is 1.